The Labute approximate surface area is 125 Å². The van der Waals surface area contributed by atoms with Crippen LogP contribution in [0.3, 0.4) is 0 Å². The molecule has 2 aromatic rings. The van der Waals surface area contributed by atoms with Gasteiger partial charge in [-0.25, -0.2) is 4.98 Å². The first-order chi connectivity index (χ1) is 8.97. The number of rotatable bonds is 2. The summed E-state index contributed by atoms with van der Waals surface area (Å²) >= 11 is 9.34. The minimum absolute atomic E-state index is 0.221. The zero-order chi connectivity index (χ0) is 14.0. The van der Waals surface area contributed by atoms with Crippen molar-refractivity contribution in [1.82, 2.24) is 4.98 Å². The molecule has 0 atom stereocenters. The molecule has 1 aromatic heterocycles. The number of amides is 1. The second-order valence-electron chi connectivity index (χ2n) is 4.29. The fourth-order valence-electron chi connectivity index (χ4n) is 1.63. The fourth-order valence-corrected chi connectivity index (χ4v) is 2.46. The smallest absolute Gasteiger partial charge is 0.256 e. The third kappa shape index (κ3) is 3.33. The van der Waals surface area contributed by atoms with Gasteiger partial charge in [-0.15, -0.1) is 0 Å². The fraction of sp³-hybridized carbons (Fsp3) is 0.143. The first kappa shape index (κ1) is 14.0. The van der Waals surface area contributed by atoms with E-state index >= 15 is 0 Å². The average molecular weight is 340 g/mol. The number of pyridine rings is 1. The number of aryl methyl sites for hydroxylation is 2. The molecule has 1 amide bonds. The molecule has 0 unspecified atom stereocenters. The van der Waals surface area contributed by atoms with Crippen molar-refractivity contribution in [1.29, 1.82) is 0 Å². The standard InChI is InChI=1S/C14H12BrClN2O/c1-8-3-4-10(11(15)5-8)14(19)18-12-6-9(2)7-17-13(12)16/h3-7H,1-2H3,(H,18,19). The van der Waals surface area contributed by atoms with E-state index in [4.69, 9.17) is 11.6 Å². The van der Waals surface area contributed by atoms with Crippen LogP contribution in [0.1, 0.15) is 21.5 Å². The lowest BCUT2D eigenvalue weighted by Crippen LogP contribution is -2.13. The first-order valence-electron chi connectivity index (χ1n) is 5.67. The quantitative estimate of drug-likeness (QED) is 0.826. The molecule has 0 saturated heterocycles. The highest BCUT2D eigenvalue weighted by atomic mass is 79.9. The molecule has 0 spiro atoms. The van der Waals surface area contributed by atoms with Crippen LogP contribution < -0.4 is 5.32 Å². The number of carbonyl (C=O) groups excluding carboxylic acids is 1. The van der Waals surface area contributed by atoms with Crippen LogP contribution >= 0.6 is 27.5 Å². The summed E-state index contributed by atoms with van der Waals surface area (Å²) in [5, 5.41) is 3.04. The zero-order valence-corrected chi connectivity index (χ0v) is 12.8. The first-order valence-corrected chi connectivity index (χ1v) is 6.84. The monoisotopic (exact) mass is 338 g/mol. The van der Waals surface area contributed by atoms with Gasteiger partial charge in [0.25, 0.3) is 5.91 Å². The molecule has 1 N–H and O–H groups in total. The van der Waals surface area contributed by atoms with Crippen molar-refractivity contribution in [3.05, 3.63) is 56.8 Å². The van der Waals surface area contributed by atoms with E-state index in [0.29, 0.717) is 11.3 Å². The normalized spacial score (nSPS) is 10.3. The van der Waals surface area contributed by atoms with E-state index in [-0.39, 0.29) is 11.1 Å². The number of aromatic nitrogens is 1. The van der Waals surface area contributed by atoms with E-state index in [1.807, 2.05) is 26.0 Å². The highest BCUT2D eigenvalue weighted by molar-refractivity contribution is 9.10. The summed E-state index contributed by atoms with van der Waals surface area (Å²) in [5.74, 6) is -0.221. The summed E-state index contributed by atoms with van der Waals surface area (Å²) in [6, 6.07) is 7.34. The predicted molar refractivity (Wildman–Crippen MR) is 80.8 cm³/mol. The van der Waals surface area contributed by atoms with Crippen LogP contribution in [0.15, 0.2) is 34.9 Å². The minimum atomic E-state index is -0.221. The number of nitrogens with one attached hydrogen (secondary N) is 1. The zero-order valence-electron chi connectivity index (χ0n) is 10.5. The van der Waals surface area contributed by atoms with E-state index in [9.17, 15) is 4.79 Å². The van der Waals surface area contributed by atoms with Crippen molar-refractivity contribution in [3.8, 4) is 0 Å². The molecular weight excluding hydrogens is 328 g/mol. The Hall–Kier alpha value is -1.39. The highest BCUT2D eigenvalue weighted by Gasteiger charge is 2.12. The van der Waals surface area contributed by atoms with Gasteiger partial charge in [-0.05, 0) is 59.1 Å². The third-order valence-corrected chi connectivity index (χ3v) is 3.55. The van der Waals surface area contributed by atoms with Gasteiger partial charge >= 0.3 is 0 Å². The van der Waals surface area contributed by atoms with Gasteiger partial charge < -0.3 is 5.32 Å². The highest BCUT2D eigenvalue weighted by Crippen LogP contribution is 2.23. The van der Waals surface area contributed by atoms with Gasteiger partial charge in [0.15, 0.2) is 5.15 Å². The number of anilines is 1. The summed E-state index contributed by atoms with van der Waals surface area (Å²) in [5.41, 5.74) is 3.09. The molecule has 1 aromatic carbocycles. The number of hydrogen-bond donors (Lipinski definition) is 1. The van der Waals surface area contributed by atoms with Gasteiger partial charge in [-0.3, -0.25) is 4.79 Å². The van der Waals surface area contributed by atoms with Gasteiger partial charge in [-0.2, -0.15) is 0 Å². The Morgan fingerprint density at radius 3 is 2.68 bits per heavy atom. The van der Waals surface area contributed by atoms with Crippen LogP contribution in [0.5, 0.6) is 0 Å². The van der Waals surface area contributed by atoms with Crippen LogP contribution in [0.4, 0.5) is 5.69 Å². The lowest BCUT2D eigenvalue weighted by atomic mass is 10.1. The molecular formula is C14H12BrClN2O. The van der Waals surface area contributed by atoms with Gasteiger partial charge in [0.1, 0.15) is 0 Å². The number of carbonyl (C=O) groups is 1. The van der Waals surface area contributed by atoms with Crippen LogP contribution in [0, 0.1) is 13.8 Å². The molecule has 98 valence electrons. The van der Waals surface area contributed by atoms with Gasteiger partial charge in [-0.1, -0.05) is 17.7 Å². The number of nitrogens with zero attached hydrogens (tertiary/aromatic N) is 1. The van der Waals surface area contributed by atoms with Crippen LogP contribution in [-0.2, 0) is 0 Å². The molecule has 0 fully saturated rings. The van der Waals surface area contributed by atoms with Gasteiger partial charge in [0, 0.05) is 10.7 Å². The predicted octanol–water partition coefficient (Wildman–Crippen LogP) is 4.37. The van der Waals surface area contributed by atoms with E-state index in [1.54, 1.807) is 18.3 Å². The maximum Gasteiger partial charge on any atom is 0.256 e. The molecule has 0 saturated carbocycles. The summed E-state index contributed by atoms with van der Waals surface area (Å²) < 4.78 is 0.752. The number of halogens is 2. The lowest BCUT2D eigenvalue weighted by molar-refractivity contribution is 0.102. The SMILES string of the molecule is Cc1ccc(C(=O)Nc2cc(C)cnc2Cl)c(Br)c1. The molecule has 0 bridgehead atoms. The molecule has 19 heavy (non-hydrogen) atoms. The molecule has 0 radical (unpaired) electrons. The topological polar surface area (TPSA) is 42.0 Å². The van der Waals surface area contributed by atoms with E-state index < -0.39 is 0 Å². The second kappa shape index (κ2) is 5.72. The van der Waals surface area contributed by atoms with Gasteiger partial charge in [0.2, 0.25) is 0 Å². The maximum absolute atomic E-state index is 12.2. The Balaban J connectivity index is 2.28. The molecule has 3 nitrogen and oxygen atoms in total. The van der Waals surface area contributed by atoms with Gasteiger partial charge in [0.05, 0.1) is 11.3 Å². The summed E-state index contributed by atoms with van der Waals surface area (Å²) in [6.07, 6.45) is 1.65. The van der Waals surface area contributed by atoms with Crippen molar-refractivity contribution in [2.24, 2.45) is 0 Å². The number of hydrogen-bond acceptors (Lipinski definition) is 2. The van der Waals surface area contributed by atoms with Crippen LogP contribution in [0.2, 0.25) is 5.15 Å². The van der Waals surface area contributed by atoms with E-state index in [1.165, 1.54) is 0 Å². The van der Waals surface area contributed by atoms with Crippen molar-refractivity contribution in [2.75, 3.05) is 5.32 Å². The Morgan fingerprint density at radius 1 is 1.26 bits per heavy atom. The number of benzene rings is 1. The summed E-state index contributed by atoms with van der Waals surface area (Å²) in [6.45, 7) is 3.86. The Morgan fingerprint density at radius 2 is 2.00 bits per heavy atom. The molecule has 0 aliphatic rings. The molecule has 1 heterocycles. The molecule has 2 rings (SSSR count). The van der Waals surface area contributed by atoms with E-state index in [2.05, 4.69) is 26.2 Å². The average Bonchev–Trinajstić information content (AvgIpc) is 2.33. The largest absolute Gasteiger partial charge is 0.319 e. The lowest BCUT2D eigenvalue weighted by Gasteiger charge is -2.09. The van der Waals surface area contributed by atoms with Crippen molar-refractivity contribution >= 4 is 39.1 Å². The van der Waals surface area contributed by atoms with E-state index in [0.717, 1.165) is 15.6 Å². The maximum atomic E-state index is 12.2. The second-order valence-corrected chi connectivity index (χ2v) is 5.50. The molecule has 0 aliphatic carbocycles. The van der Waals surface area contributed by atoms with Crippen molar-refractivity contribution in [3.63, 3.8) is 0 Å². The van der Waals surface area contributed by atoms with Crippen molar-refractivity contribution < 1.29 is 4.79 Å². The van der Waals surface area contributed by atoms with Crippen LogP contribution in [-0.4, -0.2) is 10.9 Å². The molecule has 0 aliphatic heterocycles. The summed E-state index contributed by atoms with van der Waals surface area (Å²) in [4.78, 5) is 16.2. The van der Waals surface area contributed by atoms with Crippen LogP contribution in [0.25, 0.3) is 0 Å². The van der Waals surface area contributed by atoms with Crippen molar-refractivity contribution in [2.45, 2.75) is 13.8 Å². The third-order valence-electron chi connectivity index (χ3n) is 2.59. The molecule has 5 heteroatoms. The minimum Gasteiger partial charge on any atom is -0.319 e. The Bertz CT molecular complexity index is 643. The summed E-state index contributed by atoms with van der Waals surface area (Å²) in [7, 11) is 0. The Kier molecular flexibility index (Phi) is 4.22.